The fourth-order valence-electron chi connectivity index (χ4n) is 1.24. The molecule has 0 aliphatic rings. The Morgan fingerprint density at radius 3 is 2.40 bits per heavy atom. The molecule has 0 aromatic rings. The summed E-state index contributed by atoms with van der Waals surface area (Å²) in [5.74, 6) is 0.749. The molecule has 0 aromatic carbocycles. The molecular weight excluding hydrogens is 186 g/mol. The summed E-state index contributed by atoms with van der Waals surface area (Å²) < 4.78 is 0. The van der Waals surface area contributed by atoms with Gasteiger partial charge in [0, 0.05) is 6.54 Å². The van der Waals surface area contributed by atoms with E-state index in [1.165, 1.54) is 6.42 Å². The van der Waals surface area contributed by atoms with Gasteiger partial charge in [0.1, 0.15) is 5.54 Å². The maximum atomic E-state index is 8.99. The van der Waals surface area contributed by atoms with Crippen LogP contribution in [0.15, 0.2) is 0 Å². The van der Waals surface area contributed by atoms with Gasteiger partial charge in [0.05, 0.1) is 6.07 Å². The Balaban J connectivity index is 3.80. The summed E-state index contributed by atoms with van der Waals surface area (Å²) in [5.41, 5.74) is -0.383. The number of nitriles is 1. The fourth-order valence-corrected chi connectivity index (χ4v) is 1.24. The molecule has 15 heavy (non-hydrogen) atoms. The summed E-state index contributed by atoms with van der Waals surface area (Å²) in [7, 11) is 3.97. The summed E-state index contributed by atoms with van der Waals surface area (Å²) in [6.07, 6.45) is 2.09. The first kappa shape index (κ1) is 14.4. The first-order valence-corrected chi connectivity index (χ1v) is 5.72. The first-order chi connectivity index (χ1) is 6.93. The SMILES string of the molecule is CNC(C)(C#N)CCN(C)CCC(C)C. The van der Waals surface area contributed by atoms with Crippen molar-refractivity contribution in [3.8, 4) is 6.07 Å². The van der Waals surface area contributed by atoms with Gasteiger partial charge in [-0.2, -0.15) is 5.26 Å². The molecule has 0 fully saturated rings. The largest absolute Gasteiger partial charge is 0.306 e. The summed E-state index contributed by atoms with van der Waals surface area (Å²) in [5, 5.41) is 12.0. The Morgan fingerprint density at radius 2 is 2.00 bits per heavy atom. The van der Waals surface area contributed by atoms with Crippen LogP contribution in [0.3, 0.4) is 0 Å². The zero-order valence-corrected chi connectivity index (χ0v) is 10.8. The quantitative estimate of drug-likeness (QED) is 0.698. The third-order valence-electron chi connectivity index (χ3n) is 2.88. The van der Waals surface area contributed by atoms with Gasteiger partial charge in [-0.05, 0) is 46.3 Å². The average Bonchev–Trinajstić information content (AvgIpc) is 2.23. The Kier molecular flexibility index (Phi) is 6.55. The van der Waals surface area contributed by atoms with Crippen molar-refractivity contribution in [2.45, 2.75) is 39.2 Å². The van der Waals surface area contributed by atoms with Crippen LogP contribution in [0.5, 0.6) is 0 Å². The van der Waals surface area contributed by atoms with E-state index in [-0.39, 0.29) is 5.54 Å². The zero-order valence-electron chi connectivity index (χ0n) is 10.8. The molecule has 0 radical (unpaired) electrons. The van der Waals surface area contributed by atoms with E-state index in [1.807, 2.05) is 14.0 Å². The summed E-state index contributed by atoms with van der Waals surface area (Å²) in [4.78, 5) is 2.30. The van der Waals surface area contributed by atoms with E-state index in [4.69, 9.17) is 5.26 Å². The van der Waals surface area contributed by atoms with Crippen LogP contribution in [-0.4, -0.2) is 37.6 Å². The van der Waals surface area contributed by atoms with Gasteiger partial charge in [0.25, 0.3) is 0 Å². The lowest BCUT2D eigenvalue weighted by atomic mass is 10.00. The second-order valence-electron chi connectivity index (χ2n) is 4.93. The molecule has 0 spiro atoms. The van der Waals surface area contributed by atoms with Crippen LogP contribution in [0, 0.1) is 17.2 Å². The lowest BCUT2D eigenvalue weighted by Crippen LogP contribution is -2.41. The fraction of sp³-hybridized carbons (Fsp3) is 0.917. The van der Waals surface area contributed by atoms with E-state index < -0.39 is 0 Å². The lowest BCUT2D eigenvalue weighted by molar-refractivity contribution is 0.279. The van der Waals surface area contributed by atoms with Crippen molar-refractivity contribution in [2.24, 2.45) is 5.92 Å². The third-order valence-corrected chi connectivity index (χ3v) is 2.88. The zero-order chi connectivity index (χ0) is 11.9. The minimum absolute atomic E-state index is 0.383. The molecule has 0 rings (SSSR count). The van der Waals surface area contributed by atoms with Gasteiger partial charge < -0.3 is 10.2 Å². The normalized spacial score (nSPS) is 15.3. The maximum Gasteiger partial charge on any atom is 0.104 e. The van der Waals surface area contributed by atoms with Crippen molar-refractivity contribution in [2.75, 3.05) is 27.2 Å². The van der Waals surface area contributed by atoms with E-state index in [0.29, 0.717) is 0 Å². The van der Waals surface area contributed by atoms with Gasteiger partial charge in [-0.3, -0.25) is 0 Å². The number of hydrogen-bond acceptors (Lipinski definition) is 3. The van der Waals surface area contributed by atoms with Gasteiger partial charge in [-0.15, -0.1) is 0 Å². The van der Waals surface area contributed by atoms with Crippen LogP contribution >= 0.6 is 0 Å². The molecule has 3 heteroatoms. The van der Waals surface area contributed by atoms with Gasteiger partial charge in [-0.25, -0.2) is 0 Å². The summed E-state index contributed by atoms with van der Waals surface area (Å²) in [6.45, 7) is 8.51. The highest BCUT2D eigenvalue weighted by molar-refractivity contribution is 5.03. The second kappa shape index (κ2) is 6.81. The van der Waals surface area contributed by atoms with Gasteiger partial charge in [0.15, 0.2) is 0 Å². The Bertz CT molecular complexity index is 207. The minimum Gasteiger partial charge on any atom is -0.306 e. The van der Waals surface area contributed by atoms with Crippen molar-refractivity contribution in [1.29, 1.82) is 5.26 Å². The summed E-state index contributed by atoms with van der Waals surface area (Å²) in [6, 6.07) is 2.31. The number of hydrogen-bond donors (Lipinski definition) is 1. The highest BCUT2D eigenvalue weighted by Gasteiger charge is 2.20. The van der Waals surface area contributed by atoms with Crippen LogP contribution in [0.1, 0.15) is 33.6 Å². The van der Waals surface area contributed by atoms with Gasteiger partial charge >= 0.3 is 0 Å². The standard InChI is InChI=1S/C12H25N3/c1-11(2)6-8-15(5)9-7-12(3,10-13)14-4/h11,14H,6-9H2,1-5H3. The van der Waals surface area contributed by atoms with E-state index in [9.17, 15) is 0 Å². The molecule has 0 aromatic heterocycles. The maximum absolute atomic E-state index is 8.99. The molecule has 0 saturated heterocycles. The summed E-state index contributed by atoms with van der Waals surface area (Å²) >= 11 is 0. The van der Waals surface area contributed by atoms with Crippen molar-refractivity contribution in [3.05, 3.63) is 0 Å². The molecule has 88 valence electrons. The van der Waals surface area contributed by atoms with E-state index in [2.05, 4.69) is 37.2 Å². The van der Waals surface area contributed by atoms with Crippen molar-refractivity contribution in [1.82, 2.24) is 10.2 Å². The lowest BCUT2D eigenvalue weighted by Gasteiger charge is -2.25. The van der Waals surface area contributed by atoms with Crippen LogP contribution in [0.2, 0.25) is 0 Å². The highest BCUT2D eigenvalue weighted by Crippen LogP contribution is 2.09. The molecule has 1 atom stereocenters. The molecule has 0 heterocycles. The van der Waals surface area contributed by atoms with Crippen LogP contribution < -0.4 is 5.32 Å². The Labute approximate surface area is 94.5 Å². The van der Waals surface area contributed by atoms with Crippen LogP contribution in [0.25, 0.3) is 0 Å². The van der Waals surface area contributed by atoms with Crippen LogP contribution in [-0.2, 0) is 0 Å². The van der Waals surface area contributed by atoms with Gasteiger partial charge in [0.2, 0.25) is 0 Å². The monoisotopic (exact) mass is 211 g/mol. The molecule has 3 nitrogen and oxygen atoms in total. The Hall–Kier alpha value is -0.590. The van der Waals surface area contributed by atoms with E-state index >= 15 is 0 Å². The smallest absolute Gasteiger partial charge is 0.104 e. The second-order valence-corrected chi connectivity index (χ2v) is 4.93. The van der Waals surface area contributed by atoms with Crippen molar-refractivity contribution >= 4 is 0 Å². The van der Waals surface area contributed by atoms with Crippen molar-refractivity contribution < 1.29 is 0 Å². The van der Waals surface area contributed by atoms with E-state index in [0.717, 1.165) is 25.4 Å². The molecule has 0 amide bonds. The first-order valence-electron chi connectivity index (χ1n) is 5.72. The van der Waals surface area contributed by atoms with Gasteiger partial charge in [-0.1, -0.05) is 13.8 Å². The number of rotatable bonds is 7. The van der Waals surface area contributed by atoms with Crippen molar-refractivity contribution in [3.63, 3.8) is 0 Å². The predicted molar refractivity (Wildman–Crippen MR) is 64.6 cm³/mol. The minimum atomic E-state index is -0.383. The molecule has 1 unspecified atom stereocenters. The average molecular weight is 211 g/mol. The number of nitrogens with zero attached hydrogens (tertiary/aromatic N) is 2. The number of nitrogens with one attached hydrogen (secondary N) is 1. The molecule has 0 aliphatic heterocycles. The third kappa shape index (κ3) is 6.48. The molecule has 1 N–H and O–H groups in total. The molecule has 0 aliphatic carbocycles. The predicted octanol–water partition coefficient (Wildman–Crippen LogP) is 1.86. The molecule has 0 bridgehead atoms. The topological polar surface area (TPSA) is 39.1 Å². The molecule has 0 saturated carbocycles. The van der Waals surface area contributed by atoms with E-state index in [1.54, 1.807) is 0 Å². The highest BCUT2D eigenvalue weighted by atomic mass is 15.1. The Morgan fingerprint density at radius 1 is 1.40 bits per heavy atom. The van der Waals surface area contributed by atoms with Crippen LogP contribution in [0.4, 0.5) is 0 Å². The molecular formula is C12H25N3.